The van der Waals surface area contributed by atoms with E-state index in [2.05, 4.69) is 550 Å². The molecular formula is C125H100. The van der Waals surface area contributed by atoms with Crippen molar-refractivity contribution in [3.8, 4) is 167 Å². The van der Waals surface area contributed by atoms with Gasteiger partial charge in [0.2, 0.25) is 0 Å². The first-order valence-electron chi connectivity index (χ1n) is 43.2. The van der Waals surface area contributed by atoms with Crippen LogP contribution < -0.4 is 0 Å². The van der Waals surface area contributed by atoms with Gasteiger partial charge in [-0.1, -0.05) is 496 Å². The SMILES string of the molecule is Cc1ccc(-c2cc(-c3ccccc3)cc(-c3ccccc3)c2)cc1.Cc1ccc(-c2ccc(-c3ccccc3)c(-c3ccccc3)c2)cc1.Cc1ccc(-c2ccc(-c3ccccc3)cc2-c2ccccc2)cc1.Cc1cccc(-c2ccccc2-c2ccccc2)c1-c1ccccc1.Cc1ccccc1-c1cccc(-c2ccccc2-c2ccccc2)c1. The lowest BCUT2D eigenvalue weighted by atomic mass is 9.87. The Hall–Kier alpha value is -15.6. The van der Waals surface area contributed by atoms with E-state index < -0.39 is 0 Å². The van der Waals surface area contributed by atoms with Gasteiger partial charge in [0, 0.05) is 0 Å². The first kappa shape index (κ1) is 83.1. The zero-order valence-electron chi connectivity index (χ0n) is 71.6. The van der Waals surface area contributed by atoms with Gasteiger partial charge in [-0.25, -0.2) is 0 Å². The van der Waals surface area contributed by atoms with Crippen LogP contribution in [0.5, 0.6) is 0 Å². The highest BCUT2D eigenvalue weighted by atomic mass is 14.2. The van der Waals surface area contributed by atoms with Crippen molar-refractivity contribution in [3.63, 3.8) is 0 Å². The Morgan fingerprint density at radius 1 is 0.0960 bits per heavy atom. The molecule has 0 saturated heterocycles. The van der Waals surface area contributed by atoms with Gasteiger partial charge in [0.05, 0.1) is 0 Å². The fourth-order valence-electron chi connectivity index (χ4n) is 16.3. The van der Waals surface area contributed by atoms with Crippen LogP contribution in [-0.2, 0) is 0 Å². The first-order chi connectivity index (χ1) is 61.6. The summed E-state index contributed by atoms with van der Waals surface area (Å²) in [6.07, 6.45) is 0. The maximum absolute atomic E-state index is 2.31. The fourth-order valence-corrected chi connectivity index (χ4v) is 16.3. The predicted octanol–water partition coefficient (Wildman–Crippen LogP) is 35.0. The van der Waals surface area contributed by atoms with Crippen molar-refractivity contribution in [3.05, 3.63) is 543 Å². The Kier molecular flexibility index (Phi) is 27.3. The minimum Gasteiger partial charge on any atom is -0.0622 e. The Morgan fingerprint density at radius 3 is 0.680 bits per heavy atom. The monoisotopic (exact) mass is 1600 g/mol. The minimum absolute atomic E-state index is 1.24. The van der Waals surface area contributed by atoms with Crippen LogP contribution in [-0.4, -0.2) is 0 Å². The summed E-state index contributed by atoms with van der Waals surface area (Å²) in [5.41, 5.74) is 44.2. The normalized spacial score (nSPS) is 10.6. The second kappa shape index (κ2) is 41.1. The molecule has 20 aromatic rings. The molecule has 0 aliphatic heterocycles. The van der Waals surface area contributed by atoms with E-state index in [-0.39, 0.29) is 0 Å². The minimum atomic E-state index is 1.24. The number of rotatable bonds is 15. The van der Waals surface area contributed by atoms with Gasteiger partial charge < -0.3 is 0 Å². The van der Waals surface area contributed by atoms with Crippen molar-refractivity contribution in [2.24, 2.45) is 0 Å². The maximum atomic E-state index is 2.31. The molecule has 0 saturated carbocycles. The van der Waals surface area contributed by atoms with Gasteiger partial charge >= 0.3 is 0 Å². The average molecular weight is 1600 g/mol. The molecule has 0 aliphatic rings. The zero-order valence-corrected chi connectivity index (χ0v) is 71.6. The van der Waals surface area contributed by atoms with Gasteiger partial charge in [-0.3, -0.25) is 0 Å². The van der Waals surface area contributed by atoms with Crippen molar-refractivity contribution in [1.82, 2.24) is 0 Å². The molecule has 600 valence electrons. The lowest BCUT2D eigenvalue weighted by Crippen LogP contribution is -1.91. The predicted molar refractivity (Wildman–Crippen MR) is 537 cm³/mol. The summed E-state index contributed by atoms with van der Waals surface area (Å²) >= 11 is 0. The standard InChI is InChI=1S/5C25H20/c1-19-11-10-18-24(25(19)21-14-6-3-7-15-21)23-17-9-8-16-22(23)20-12-4-2-5-13-20;1-19-12-14-22(15-13-19)25-17-23(20-8-4-2-5-9-20)16-24(18-25)21-10-6-3-7-11-21;1-19-12-14-20(15-13-19)23-16-17-24(21-8-4-2-5-9-21)25(18-23)22-10-6-3-7-11-22;1-19-12-14-22(15-13-19)24-17-16-23(20-8-4-2-5-9-20)18-25(24)21-10-6-3-7-11-21;1-19-10-5-6-15-23(19)21-13-9-14-22(18-21)25-17-8-7-16-24(25)20-11-3-2-4-12-20/h5*2-18H,1H3. The molecule has 0 heterocycles. The molecule has 0 atom stereocenters. The number of benzene rings is 20. The molecule has 20 rings (SSSR count). The van der Waals surface area contributed by atoms with E-state index in [9.17, 15) is 0 Å². The molecule has 0 heteroatoms. The molecule has 0 nitrogen and oxygen atoms in total. The third-order valence-corrected chi connectivity index (χ3v) is 23.0. The van der Waals surface area contributed by atoms with Crippen molar-refractivity contribution in [2.75, 3.05) is 0 Å². The smallest absolute Gasteiger partial charge is 0.00759 e. The summed E-state index contributed by atoms with van der Waals surface area (Å²) in [4.78, 5) is 0. The quantitative estimate of drug-likeness (QED) is 0.0960. The highest BCUT2D eigenvalue weighted by Gasteiger charge is 2.17. The molecule has 0 aliphatic carbocycles. The molecule has 0 aromatic heterocycles. The van der Waals surface area contributed by atoms with Crippen LogP contribution in [0.2, 0.25) is 0 Å². The van der Waals surface area contributed by atoms with Crippen molar-refractivity contribution >= 4 is 0 Å². The van der Waals surface area contributed by atoms with Gasteiger partial charge in [0.25, 0.3) is 0 Å². The Labute approximate surface area is 739 Å². The van der Waals surface area contributed by atoms with Gasteiger partial charge in [0.1, 0.15) is 0 Å². The molecule has 0 N–H and O–H groups in total. The van der Waals surface area contributed by atoms with Crippen LogP contribution in [0.3, 0.4) is 0 Å². The summed E-state index contributed by atoms with van der Waals surface area (Å²) in [5, 5.41) is 0. The van der Waals surface area contributed by atoms with E-state index in [1.807, 2.05) is 0 Å². The van der Waals surface area contributed by atoms with Gasteiger partial charge in [-0.05, 0) is 249 Å². The highest BCUT2D eigenvalue weighted by molar-refractivity contribution is 5.94. The summed E-state index contributed by atoms with van der Waals surface area (Å²) in [5.74, 6) is 0. The molecule has 0 spiro atoms. The van der Waals surface area contributed by atoms with E-state index in [0.717, 1.165) is 0 Å². The largest absolute Gasteiger partial charge is 0.0622 e. The van der Waals surface area contributed by atoms with Crippen LogP contribution in [0.4, 0.5) is 0 Å². The van der Waals surface area contributed by atoms with E-state index in [1.54, 1.807) is 0 Å². The Bertz CT molecular complexity index is 6770. The fraction of sp³-hybridized carbons (Fsp3) is 0.0400. The number of aryl methyl sites for hydroxylation is 5. The van der Waals surface area contributed by atoms with Gasteiger partial charge in [0.15, 0.2) is 0 Å². The third kappa shape index (κ3) is 21.1. The van der Waals surface area contributed by atoms with E-state index in [1.165, 1.54) is 195 Å². The molecule has 0 unspecified atom stereocenters. The van der Waals surface area contributed by atoms with Crippen LogP contribution in [0, 0.1) is 34.6 Å². The lowest BCUT2D eigenvalue weighted by molar-refractivity contribution is 1.45. The molecule has 0 fully saturated rings. The number of hydrogen-bond donors (Lipinski definition) is 0. The number of hydrogen-bond acceptors (Lipinski definition) is 0. The highest BCUT2D eigenvalue weighted by Crippen LogP contribution is 2.43. The summed E-state index contributed by atoms with van der Waals surface area (Å²) in [6, 6.07) is 183. The van der Waals surface area contributed by atoms with Crippen LogP contribution in [0.25, 0.3) is 167 Å². The first-order valence-corrected chi connectivity index (χ1v) is 43.2. The second-order valence-electron chi connectivity index (χ2n) is 31.7. The molecule has 0 amide bonds. The summed E-state index contributed by atoms with van der Waals surface area (Å²) in [7, 11) is 0. The van der Waals surface area contributed by atoms with E-state index >= 15 is 0 Å². The molecule has 125 heavy (non-hydrogen) atoms. The zero-order chi connectivity index (χ0) is 85.3. The molecule has 20 aromatic carbocycles. The molecular weight excluding hydrogens is 1500 g/mol. The van der Waals surface area contributed by atoms with E-state index in [0.29, 0.717) is 0 Å². The van der Waals surface area contributed by atoms with Gasteiger partial charge in [-0.15, -0.1) is 0 Å². The lowest BCUT2D eigenvalue weighted by Gasteiger charge is -2.16. The molecule has 0 bridgehead atoms. The molecule has 0 radical (unpaired) electrons. The van der Waals surface area contributed by atoms with Gasteiger partial charge in [-0.2, -0.15) is 0 Å². The average Bonchev–Trinajstić information content (AvgIpc) is 0.784. The Morgan fingerprint density at radius 2 is 0.304 bits per heavy atom. The van der Waals surface area contributed by atoms with Crippen LogP contribution >= 0.6 is 0 Å². The Balaban J connectivity index is 0.000000115. The van der Waals surface area contributed by atoms with Crippen LogP contribution in [0.15, 0.2) is 516 Å². The topological polar surface area (TPSA) is 0 Å². The van der Waals surface area contributed by atoms with E-state index in [4.69, 9.17) is 0 Å². The summed E-state index contributed by atoms with van der Waals surface area (Å²) in [6.45, 7) is 10.7. The van der Waals surface area contributed by atoms with Crippen molar-refractivity contribution < 1.29 is 0 Å². The van der Waals surface area contributed by atoms with Crippen molar-refractivity contribution in [1.29, 1.82) is 0 Å². The summed E-state index contributed by atoms with van der Waals surface area (Å²) < 4.78 is 0. The maximum Gasteiger partial charge on any atom is -0.00759 e. The van der Waals surface area contributed by atoms with Crippen molar-refractivity contribution in [2.45, 2.75) is 34.6 Å². The third-order valence-electron chi connectivity index (χ3n) is 23.0. The second-order valence-corrected chi connectivity index (χ2v) is 31.7. The van der Waals surface area contributed by atoms with Crippen LogP contribution in [0.1, 0.15) is 27.8 Å².